The molecule has 5 heteroatoms. The van der Waals surface area contributed by atoms with Gasteiger partial charge in [0, 0.05) is 47.6 Å². The van der Waals surface area contributed by atoms with Crippen molar-refractivity contribution < 1.29 is 0 Å². The van der Waals surface area contributed by atoms with Crippen molar-refractivity contribution >= 4 is 53.3 Å². The molecule has 302 valence electrons. The first-order valence-electron chi connectivity index (χ1n) is 21.7. The van der Waals surface area contributed by atoms with E-state index in [1.807, 2.05) is 47.7 Å². The average molecular weight is 837 g/mol. The molecule has 0 atom stereocenters. The first-order valence-corrected chi connectivity index (χ1v) is 22.5. The molecule has 12 aromatic rings. The van der Waals surface area contributed by atoms with E-state index in [-0.39, 0.29) is 0 Å². The summed E-state index contributed by atoms with van der Waals surface area (Å²) in [7, 11) is 0. The Labute approximate surface area is 375 Å². The number of nitrogens with zero attached hydrogens (tertiary/aromatic N) is 4. The average Bonchev–Trinajstić information content (AvgIpc) is 3.89. The molecule has 0 unspecified atom stereocenters. The third-order valence-corrected chi connectivity index (χ3v) is 13.7. The summed E-state index contributed by atoms with van der Waals surface area (Å²) in [6, 6.07) is 73.9. The molecule has 3 aromatic heterocycles. The summed E-state index contributed by atoms with van der Waals surface area (Å²) in [5.74, 6) is 1.85. The first kappa shape index (κ1) is 37.7. The quantitative estimate of drug-likeness (QED) is 0.161. The molecule has 0 aliphatic carbocycles. The summed E-state index contributed by atoms with van der Waals surface area (Å²) in [4.78, 5) is 15.8. The summed E-state index contributed by atoms with van der Waals surface area (Å²) < 4.78 is 5.01. The maximum atomic E-state index is 5.37. The summed E-state index contributed by atoms with van der Waals surface area (Å²) in [6.07, 6.45) is 0. The van der Waals surface area contributed by atoms with Crippen molar-refractivity contribution in [1.29, 1.82) is 0 Å². The molecule has 3 heterocycles. The molecule has 0 radical (unpaired) electrons. The lowest BCUT2D eigenvalue weighted by Crippen LogP contribution is -2.04. The standard InChI is InChI=1S/C59H40N4S/c1-37-15-9-11-21-45(37)43-25-29-47-48-30-26-44(46-22-12-10-16-38(46)2)36-54(48)63(53(47)35-43)52-31-27-41(42-28-32-56-50(33-42)49-23-13-14-24-55(49)64-56)34-51(52)59-61-57(39-17-5-3-6-18-39)60-58(62-59)40-19-7-4-8-20-40/h3-36H,1-2H3. The molecular weight excluding hydrogens is 797 g/mol. The highest BCUT2D eigenvalue weighted by Crippen LogP contribution is 2.42. The highest BCUT2D eigenvalue weighted by Gasteiger charge is 2.22. The van der Waals surface area contributed by atoms with Crippen LogP contribution in [0.3, 0.4) is 0 Å². The Morgan fingerprint density at radius 3 is 1.42 bits per heavy atom. The summed E-state index contributed by atoms with van der Waals surface area (Å²) in [5.41, 5.74) is 15.4. The molecule has 0 saturated carbocycles. The molecule has 0 amide bonds. The van der Waals surface area contributed by atoms with Crippen molar-refractivity contribution in [1.82, 2.24) is 19.5 Å². The van der Waals surface area contributed by atoms with Crippen LogP contribution in [0.5, 0.6) is 0 Å². The van der Waals surface area contributed by atoms with E-state index in [0.29, 0.717) is 17.5 Å². The third kappa shape index (κ3) is 6.48. The predicted molar refractivity (Wildman–Crippen MR) is 269 cm³/mol. The van der Waals surface area contributed by atoms with Crippen LogP contribution in [0.1, 0.15) is 11.1 Å². The van der Waals surface area contributed by atoms with Crippen molar-refractivity contribution in [3.63, 3.8) is 0 Å². The van der Waals surface area contributed by atoms with Gasteiger partial charge in [-0.1, -0.05) is 164 Å². The van der Waals surface area contributed by atoms with Crippen molar-refractivity contribution in [3.05, 3.63) is 217 Å². The lowest BCUT2D eigenvalue weighted by Gasteiger charge is -2.17. The Morgan fingerprint density at radius 1 is 0.328 bits per heavy atom. The van der Waals surface area contributed by atoms with Crippen LogP contribution in [0.4, 0.5) is 0 Å². The first-order chi connectivity index (χ1) is 31.5. The second-order valence-electron chi connectivity index (χ2n) is 16.5. The highest BCUT2D eigenvalue weighted by molar-refractivity contribution is 7.25. The predicted octanol–water partition coefficient (Wildman–Crippen LogP) is 16.0. The van der Waals surface area contributed by atoms with Crippen LogP contribution < -0.4 is 0 Å². The van der Waals surface area contributed by atoms with Gasteiger partial charge < -0.3 is 4.57 Å². The van der Waals surface area contributed by atoms with Gasteiger partial charge in [-0.05, 0) is 101 Å². The topological polar surface area (TPSA) is 43.6 Å². The Kier molecular flexibility index (Phi) is 9.09. The zero-order chi connectivity index (χ0) is 42.7. The monoisotopic (exact) mass is 836 g/mol. The summed E-state index contributed by atoms with van der Waals surface area (Å²) in [6.45, 7) is 4.37. The van der Waals surface area contributed by atoms with Gasteiger partial charge in [0.25, 0.3) is 0 Å². The van der Waals surface area contributed by atoms with Crippen molar-refractivity contribution in [2.24, 2.45) is 0 Å². The van der Waals surface area contributed by atoms with E-state index in [1.165, 1.54) is 64.3 Å². The fourth-order valence-corrected chi connectivity index (χ4v) is 10.4. The maximum Gasteiger partial charge on any atom is 0.166 e. The van der Waals surface area contributed by atoms with Crippen molar-refractivity contribution in [2.75, 3.05) is 0 Å². The maximum absolute atomic E-state index is 5.37. The van der Waals surface area contributed by atoms with Crippen molar-refractivity contribution in [3.8, 4) is 73.2 Å². The molecule has 64 heavy (non-hydrogen) atoms. The highest BCUT2D eigenvalue weighted by atomic mass is 32.1. The Bertz CT molecular complexity index is 3590. The molecule has 4 nitrogen and oxygen atoms in total. The number of benzene rings is 9. The molecule has 0 bridgehead atoms. The van der Waals surface area contributed by atoms with Gasteiger partial charge in [0.1, 0.15) is 0 Å². The number of hydrogen-bond donors (Lipinski definition) is 0. The minimum absolute atomic E-state index is 0.603. The molecule has 0 aliphatic heterocycles. The minimum Gasteiger partial charge on any atom is -0.308 e. The molecule has 0 N–H and O–H groups in total. The molecule has 0 fully saturated rings. The van der Waals surface area contributed by atoms with E-state index in [4.69, 9.17) is 15.0 Å². The van der Waals surface area contributed by atoms with Crippen LogP contribution in [-0.2, 0) is 0 Å². The number of hydrogen-bond acceptors (Lipinski definition) is 4. The van der Waals surface area contributed by atoms with E-state index in [2.05, 4.69) is 188 Å². The lowest BCUT2D eigenvalue weighted by molar-refractivity contribution is 1.06. The molecule has 0 aliphatic rings. The third-order valence-electron chi connectivity index (χ3n) is 12.6. The normalized spacial score (nSPS) is 11.6. The molecule has 9 aromatic carbocycles. The fourth-order valence-electron chi connectivity index (χ4n) is 9.33. The van der Waals surface area contributed by atoms with Crippen LogP contribution >= 0.6 is 11.3 Å². The van der Waals surface area contributed by atoms with E-state index < -0.39 is 0 Å². The number of rotatable bonds is 7. The largest absolute Gasteiger partial charge is 0.308 e. The summed E-state index contributed by atoms with van der Waals surface area (Å²) in [5, 5.41) is 4.90. The van der Waals surface area contributed by atoms with Gasteiger partial charge in [-0.25, -0.2) is 15.0 Å². The van der Waals surface area contributed by atoms with Gasteiger partial charge in [0.2, 0.25) is 0 Å². The fraction of sp³-hybridized carbons (Fsp3) is 0.0339. The Balaban J connectivity index is 1.18. The van der Waals surface area contributed by atoms with Crippen LogP contribution in [-0.4, -0.2) is 19.5 Å². The minimum atomic E-state index is 0.603. The second kappa shape index (κ2) is 15.4. The van der Waals surface area contributed by atoms with Crippen LogP contribution in [0.2, 0.25) is 0 Å². The van der Waals surface area contributed by atoms with Gasteiger partial charge in [-0.15, -0.1) is 11.3 Å². The number of aromatic nitrogens is 4. The van der Waals surface area contributed by atoms with Crippen molar-refractivity contribution in [2.45, 2.75) is 13.8 Å². The molecular formula is C59H40N4S. The lowest BCUT2D eigenvalue weighted by atomic mass is 9.98. The molecule has 0 saturated heterocycles. The van der Waals surface area contributed by atoms with Gasteiger partial charge in [-0.2, -0.15) is 0 Å². The van der Waals surface area contributed by atoms with Crippen LogP contribution in [0.15, 0.2) is 206 Å². The molecule has 0 spiro atoms. The van der Waals surface area contributed by atoms with E-state index in [0.717, 1.165) is 44.5 Å². The number of thiophene rings is 1. The number of fused-ring (bicyclic) bond motifs is 6. The van der Waals surface area contributed by atoms with Gasteiger partial charge in [-0.3, -0.25) is 0 Å². The van der Waals surface area contributed by atoms with Gasteiger partial charge in [0.05, 0.1) is 16.7 Å². The zero-order valence-corrected chi connectivity index (χ0v) is 36.1. The van der Waals surface area contributed by atoms with E-state index >= 15 is 0 Å². The Hall–Kier alpha value is -7.99. The smallest absolute Gasteiger partial charge is 0.166 e. The molecule has 12 rings (SSSR count). The number of aryl methyl sites for hydroxylation is 2. The SMILES string of the molecule is Cc1ccccc1-c1ccc2c3ccc(-c4ccccc4C)cc3n(-c3ccc(-c4ccc5sc6ccccc6c5c4)cc3-c3nc(-c4ccccc4)nc(-c4ccccc4)n3)c2c1. The Morgan fingerprint density at radius 2 is 0.812 bits per heavy atom. The van der Waals surface area contributed by atoms with Crippen LogP contribution in [0, 0.1) is 13.8 Å². The van der Waals surface area contributed by atoms with E-state index in [9.17, 15) is 0 Å². The zero-order valence-electron chi connectivity index (χ0n) is 35.3. The summed E-state index contributed by atoms with van der Waals surface area (Å²) >= 11 is 1.84. The van der Waals surface area contributed by atoms with Gasteiger partial charge in [0.15, 0.2) is 17.5 Å². The van der Waals surface area contributed by atoms with E-state index in [1.54, 1.807) is 0 Å². The second-order valence-corrected chi connectivity index (χ2v) is 17.6. The van der Waals surface area contributed by atoms with Gasteiger partial charge >= 0.3 is 0 Å². The van der Waals surface area contributed by atoms with Crippen LogP contribution in [0.25, 0.3) is 115 Å².